The Morgan fingerprint density at radius 1 is 1.43 bits per heavy atom. The van der Waals surface area contributed by atoms with Gasteiger partial charge in [-0.2, -0.15) is 0 Å². The molecule has 0 radical (unpaired) electrons. The number of aliphatic imine (C=N–C) groups is 1. The highest BCUT2D eigenvalue weighted by molar-refractivity contribution is 5.86. The molecular weight excluding hydrogens is 180 g/mol. The summed E-state index contributed by atoms with van der Waals surface area (Å²) >= 11 is 0. The molecule has 1 amide bonds. The summed E-state index contributed by atoms with van der Waals surface area (Å²) in [5.74, 6) is 0.194. The molecule has 0 heterocycles. The van der Waals surface area contributed by atoms with Crippen LogP contribution in [0, 0.1) is 0 Å². The molecule has 0 saturated carbocycles. The van der Waals surface area contributed by atoms with Gasteiger partial charge >= 0.3 is 0 Å². The van der Waals surface area contributed by atoms with Crippen molar-refractivity contribution >= 4 is 11.9 Å². The van der Waals surface area contributed by atoms with Gasteiger partial charge in [-0.15, -0.1) is 0 Å². The molecule has 0 bridgehead atoms. The van der Waals surface area contributed by atoms with Crippen molar-refractivity contribution in [3.8, 4) is 0 Å². The molecule has 0 saturated heterocycles. The minimum Gasteiger partial charge on any atom is -0.370 e. The Balaban J connectivity index is 4.13. The topological polar surface area (TPSA) is 79.5 Å². The fourth-order valence-electron chi connectivity index (χ4n) is 0.922. The second-order valence-corrected chi connectivity index (χ2v) is 3.38. The third kappa shape index (κ3) is 5.40. The standard InChI is InChI=1S/C9H20N4O/c1-5-11-8(14)7(4)13-9(10)12-6(2)3/h6-7H,5H2,1-4H3,(H,11,14)(H3,10,12,13). The molecule has 0 rings (SSSR count). The summed E-state index contributed by atoms with van der Waals surface area (Å²) in [6.45, 7) is 8.10. The number of carbonyl (C=O) groups excluding carboxylic acids is 1. The van der Waals surface area contributed by atoms with Gasteiger partial charge in [-0.05, 0) is 27.7 Å². The van der Waals surface area contributed by atoms with Gasteiger partial charge in [0.05, 0.1) is 0 Å². The number of amides is 1. The van der Waals surface area contributed by atoms with E-state index in [1.807, 2.05) is 20.8 Å². The third-order valence-corrected chi connectivity index (χ3v) is 1.50. The molecule has 0 aromatic carbocycles. The average Bonchev–Trinajstić information content (AvgIpc) is 2.02. The fourth-order valence-corrected chi connectivity index (χ4v) is 0.922. The molecule has 0 fully saturated rings. The van der Waals surface area contributed by atoms with E-state index >= 15 is 0 Å². The fraction of sp³-hybridized carbons (Fsp3) is 0.778. The van der Waals surface area contributed by atoms with Crippen molar-refractivity contribution in [1.82, 2.24) is 10.6 Å². The summed E-state index contributed by atoms with van der Waals surface area (Å²) < 4.78 is 0. The van der Waals surface area contributed by atoms with Gasteiger partial charge in [0.2, 0.25) is 5.91 Å². The van der Waals surface area contributed by atoms with Gasteiger partial charge in [0, 0.05) is 12.6 Å². The normalized spacial score (nSPS) is 13.9. The van der Waals surface area contributed by atoms with E-state index < -0.39 is 6.04 Å². The van der Waals surface area contributed by atoms with Gasteiger partial charge in [-0.25, -0.2) is 4.99 Å². The molecule has 0 aliphatic heterocycles. The van der Waals surface area contributed by atoms with Gasteiger partial charge in [0.25, 0.3) is 0 Å². The van der Waals surface area contributed by atoms with Crippen LogP contribution < -0.4 is 16.4 Å². The zero-order chi connectivity index (χ0) is 11.1. The zero-order valence-corrected chi connectivity index (χ0v) is 9.29. The van der Waals surface area contributed by atoms with Crippen LogP contribution in [-0.4, -0.2) is 30.5 Å². The first-order valence-corrected chi connectivity index (χ1v) is 4.84. The van der Waals surface area contributed by atoms with Crippen molar-refractivity contribution in [2.75, 3.05) is 6.54 Å². The second kappa shape index (κ2) is 6.23. The van der Waals surface area contributed by atoms with E-state index in [0.29, 0.717) is 12.5 Å². The summed E-state index contributed by atoms with van der Waals surface area (Å²) in [6.07, 6.45) is 0. The third-order valence-electron chi connectivity index (χ3n) is 1.50. The molecular formula is C9H20N4O. The Bertz CT molecular complexity index is 213. The van der Waals surface area contributed by atoms with Crippen LogP contribution in [0.1, 0.15) is 27.7 Å². The molecule has 5 nitrogen and oxygen atoms in total. The smallest absolute Gasteiger partial charge is 0.244 e. The number of hydrogen-bond acceptors (Lipinski definition) is 2. The van der Waals surface area contributed by atoms with E-state index in [9.17, 15) is 4.79 Å². The minimum atomic E-state index is -0.443. The molecule has 0 aromatic rings. The molecule has 0 aliphatic carbocycles. The van der Waals surface area contributed by atoms with E-state index in [1.165, 1.54) is 0 Å². The first kappa shape index (κ1) is 12.7. The Labute approximate surface area is 85.2 Å². The van der Waals surface area contributed by atoms with Crippen LogP contribution in [0.4, 0.5) is 0 Å². The highest BCUT2D eigenvalue weighted by Crippen LogP contribution is 1.89. The first-order chi connectivity index (χ1) is 6.47. The summed E-state index contributed by atoms with van der Waals surface area (Å²) in [5, 5.41) is 5.59. The van der Waals surface area contributed by atoms with Crippen LogP contribution in [0.25, 0.3) is 0 Å². The van der Waals surface area contributed by atoms with Gasteiger partial charge in [-0.1, -0.05) is 0 Å². The van der Waals surface area contributed by atoms with Crippen molar-refractivity contribution in [1.29, 1.82) is 0 Å². The number of rotatable bonds is 4. The molecule has 82 valence electrons. The van der Waals surface area contributed by atoms with Gasteiger partial charge in [0.15, 0.2) is 5.96 Å². The molecule has 0 spiro atoms. The predicted molar refractivity (Wildman–Crippen MR) is 58.0 cm³/mol. The first-order valence-electron chi connectivity index (χ1n) is 4.84. The van der Waals surface area contributed by atoms with Gasteiger partial charge < -0.3 is 16.4 Å². The molecule has 1 unspecified atom stereocenters. The summed E-state index contributed by atoms with van der Waals surface area (Å²) in [6, 6.07) is -0.221. The van der Waals surface area contributed by atoms with Crippen LogP contribution in [0.15, 0.2) is 4.99 Å². The van der Waals surface area contributed by atoms with Crippen LogP contribution in [0.2, 0.25) is 0 Å². The number of nitrogens with one attached hydrogen (secondary N) is 2. The number of likely N-dealkylation sites (N-methyl/N-ethyl adjacent to an activating group) is 1. The van der Waals surface area contributed by atoms with Crippen LogP contribution in [0.5, 0.6) is 0 Å². The van der Waals surface area contributed by atoms with E-state index in [4.69, 9.17) is 5.73 Å². The minimum absolute atomic E-state index is 0.110. The maximum Gasteiger partial charge on any atom is 0.244 e. The van der Waals surface area contributed by atoms with Crippen LogP contribution >= 0.6 is 0 Å². The number of guanidine groups is 1. The lowest BCUT2D eigenvalue weighted by Crippen LogP contribution is -2.40. The highest BCUT2D eigenvalue weighted by atomic mass is 16.2. The molecule has 0 aromatic heterocycles. The van der Waals surface area contributed by atoms with Crippen molar-refractivity contribution in [2.45, 2.75) is 39.8 Å². The van der Waals surface area contributed by atoms with E-state index in [-0.39, 0.29) is 11.9 Å². The second-order valence-electron chi connectivity index (χ2n) is 3.38. The average molecular weight is 200 g/mol. The largest absolute Gasteiger partial charge is 0.370 e. The van der Waals surface area contributed by atoms with Crippen molar-refractivity contribution in [3.05, 3.63) is 0 Å². The van der Waals surface area contributed by atoms with E-state index in [0.717, 1.165) is 0 Å². The summed E-state index contributed by atoms with van der Waals surface area (Å²) in [5.41, 5.74) is 5.57. The molecule has 1 atom stereocenters. The number of nitrogens with two attached hydrogens (primary N) is 1. The highest BCUT2D eigenvalue weighted by Gasteiger charge is 2.10. The summed E-state index contributed by atoms with van der Waals surface area (Å²) in [7, 11) is 0. The van der Waals surface area contributed by atoms with Crippen molar-refractivity contribution in [3.63, 3.8) is 0 Å². The maximum absolute atomic E-state index is 11.3. The van der Waals surface area contributed by atoms with Gasteiger partial charge in [-0.3, -0.25) is 4.79 Å². The Hall–Kier alpha value is -1.26. The Kier molecular flexibility index (Phi) is 5.67. The lowest BCUT2D eigenvalue weighted by atomic mass is 10.3. The summed E-state index contributed by atoms with van der Waals surface area (Å²) in [4.78, 5) is 15.3. The van der Waals surface area contributed by atoms with E-state index in [2.05, 4.69) is 15.6 Å². The maximum atomic E-state index is 11.3. The van der Waals surface area contributed by atoms with E-state index in [1.54, 1.807) is 6.92 Å². The molecule has 5 heteroatoms. The number of nitrogens with zero attached hydrogens (tertiary/aromatic N) is 1. The lowest BCUT2D eigenvalue weighted by molar-refractivity contribution is -0.121. The Morgan fingerprint density at radius 2 is 2.00 bits per heavy atom. The monoisotopic (exact) mass is 200 g/mol. The zero-order valence-electron chi connectivity index (χ0n) is 9.29. The lowest BCUT2D eigenvalue weighted by Gasteiger charge is -2.11. The van der Waals surface area contributed by atoms with Gasteiger partial charge in [0.1, 0.15) is 6.04 Å². The molecule has 0 aliphatic rings. The van der Waals surface area contributed by atoms with Crippen molar-refractivity contribution < 1.29 is 4.79 Å². The van der Waals surface area contributed by atoms with Crippen LogP contribution in [0.3, 0.4) is 0 Å². The quantitative estimate of drug-likeness (QED) is 0.435. The Morgan fingerprint density at radius 3 is 2.43 bits per heavy atom. The van der Waals surface area contributed by atoms with Crippen molar-refractivity contribution in [2.24, 2.45) is 10.7 Å². The SMILES string of the molecule is CCNC(=O)C(C)N=C(N)NC(C)C. The number of carbonyl (C=O) groups is 1. The van der Waals surface area contributed by atoms with Crippen LogP contribution in [-0.2, 0) is 4.79 Å². The molecule has 4 N–H and O–H groups in total. The molecule has 14 heavy (non-hydrogen) atoms. The predicted octanol–water partition coefficient (Wildman–Crippen LogP) is -0.176. The number of hydrogen-bond donors (Lipinski definition) is 3.